The summed E-state index contributed by atoms with van der Waals surface area (Å²) in [4.78, 5) is 41.7. The van der Waals surface area contributed by atoms with Crippen LogP contribution in [0.2, 0.25) is 0 Å². The van der Waals surface area contributed by atoms with E-state index in [1.54, 1.807) is 86.7 Å². The number of rotatable bonds is 10. The molecule has 2 aliphatic heterocycles. The predicted molar refractivity (Wildman–Crippen MR) is 151 cm³/mol. The van der Waals surface area contributed by atoms with Crippen LogP contribution >= 0.6 is 0 Å². The topological polar surface area (TPSA) is 125 Å². The molecule has 2 aliphatic rings. The van der Waals surface area contributed by atoms with E-state index >= 15 is 0 Å². The molecule has 0 saturated carbocycles. The average molecular weight is 574 g/mol. The lowest BCUT2D eigenvalue weighted by Crippen LogP contribution is -2.49. The summed E-state index contributed by atoms with van der Waals surface area (Å²) < 4.78 is 26.9. The smallest absolute Gasteiger partial charge is 0.338 e. The fourth-order valence-corrected chi connectivity index (χ4v) is 4.81. The number of nitrogens with one attached hydrogen (secondary N) is 2. The first-order valence-electron chi connectivity index (χ1n) is 13.3. The third-order valence-electron chi connectivity index (χ3n) is 6.88. The molecular formula is C31H31N3O8. The molecule has 0 saturated heterocycles. The molecule has 0 aliphatic carbocycles. The molecule has 0 spiro atoms. The van der Waals surface area contributed by atoms with Crippen LogP contribution in [-0.2, 0) is 16.1 Å². The normalized spacial score (nSPS) is 15.4. The van der Waals surface area contributed by atoms with Gasteiger partial charge >= 0.3 is 12.0 Å². The molecule has 1 atom stereocenters. The highest BCUT2D eigenvalue weighted by Crippen LogP contribution is 2.34. The molecule has 3 amide bonds. The van der Waals surface area contributed by atoms with Crippen molar-refractivity contribution < 1.29 is 38.1 Å². The van der Waals surface area contributed by atoms with Crippen LogP contribution in [0.1, 0.15) is 34.5 Å². The summed E-state index contributed by atoms with van der Waals surface area (Å²) >= 11 is 0. The second-order valence-corrected chi connectivity index (χ2v) is 9.49. The van der Waals surface area contributed by atoms with Crippen molar-refractivity contribution in [2.75, 3.05) is 34.2 Å². The molecule has 2 N–H and O–H groups in total. The Bertz CT molecular complexity index is 1500. The van der Waals surface area contributed by atoms with Crippen molar-refractivity contribution >= 4 is 17.9 Å². The number of hydrogen-bond acceptors (Lipinski definition) is 8. The Labute approximate surface area is 243 Å². The lowest BCUT2D eigenvalue weighted by Gasteiger charge is -2.32. The quantitative estimate of drug-likeness (QED) is 0.350. The molecular weight excluding hydrogens is 542 g/mol. The second kappa shape index (κ2) is 12.5. The van der Waals surface area contributed by atoms with Gasteiger partial charge in [-0.1, -0.05) is 18.2 Å². The van der Waals surface area contributed by atoms with Gasteiger partial charge in [-0.15, -0.1) is 0 Å². The first-order valence-corrected chi connectivity index (χ1v) is 13.3. The van der Waals surface area contributed by atoms with E-state index in [0.717, 1.165) is 5.56 Å². The van der Waals surface area contributed by atoms with Crippen LogP contribution in [0.5, 0.6) is 23.0 Å². The first kappa shape index (κ1) is 28.3. The zero-order valence-corrected chi connectivity index (χ0v) is 23.5. The van der Waals surface area contributed by atoms with Crippen LogP contribution in [0.25, 0.3) is 0 Å². The lowest BCUT2D eigenvalue weighted by atomic mass is 9.94. The maximum atomic E-state index is 13.9. The Hall–Kier alpha value is -5.19. The number of fused-ring (bicyclic) bond motifs is 1. The zero-order valence-electron chi connectivity index (χ0n) is 23.5. The summed E-state index contributed by atoms with van der Waals surface area (Å²) in [5.74, 6) is 1.49. The second-order valence-electron chi connectivity index (χ2n) is 9.49. The maximum absolute atomic E-state index is 13.9. The van der Waals surface area contributed by atoms with E-state index in [0.29, 0.717) is 34.1 Å². The van der Waals surface area contributed by atoms with Crippen molar-refractivity contribution in [3.05, 3.63) is 94.7 Å². The number of nitrogens with zero attached hydrogens (tertiary/aromatic N) is 1. The fraction of sp³-hybridized carbons (Fsp3) is 0.258. The fourth-order valence-electron chi connectivity index (χ4n) is 4.81. The van der Waals surface area contributed by atoms with Crippen LogP contribution in [0.15, 0.2) is 78.0 Å². The molecule has 5 rings (SSSR count). The number of benzene rings is 3. The van der Waals surface area contributed by atoms with Crippen molar-refractivity contribution in [3.63, 3.8) is 0 Å². The molecule has 3 aromatic carbocycles. The van der Waals surface area contributed by atoms with Crippen LogP contribution in [-0.4, -0.2) is 57.0 Å². The molecule has 2 heterocycles. The summed E-state index contributed by atoms with van der Waals surface area (Å²) in [5.41, 5.74) is 2.27. The zero-order chi connectivity index (χ0) is 29.6. The number of methoxy groups -OCH3 is 2. The summed E-state index contributed by atoms with van der Waals surface area (Å²) in [7, 11) is 3.10. The number of carbonyl (C=O) groups is 3. The Kier molecular flexibility index (Phi) is 8.47. The number of esters is 1. The SMILES string of the molecule is CCOC(=O)C1=C(CN(Cc2ccc3c(c2)OCO3)C(=O)c2ccc(OC)cc2)NC(=O)N[C@@H]1c1ccc(OC)cc1. The van der Waals surface area contributed by atoms with E-state index in [-0.39, 0.29) is 43.7 Å². The maximum Gasteiger partial charge on any atom is 0.338 e. The van der Waals surface area contributed by atoms with Crippen LogP contribution in [0, 0.1) is 0 Å². The molecule has 0 bridgehead atoms. The lowest BCUT2D eigenvalue weighted by molar-refractivity contribution is -0.139. The van der Waals surface area contributed by atoms with Crippen LogP contribution in [0.3, 0.4) is 0 Å². The first-order chi connectivity index (χ1) is 20.4. The van der Waals surface area contributed by atoms with Gasteiger partial charge in [0, 0.05) is 12.1 Å². The highest BCUT2D eigenvalue weighted by molar-refractivity contribution is 5.97. The van der Waals surface area contributed by atoms with Gasteiger partial charge in [0.05, 0.1) is 44.7 Å². The summed E-state index contributed by atoms with van der Waals surface area (Å²) in [6.45, 7) is 2.01. The number of carbonyl (C=O) groups excluding carboxylic acids is 3. The number of ether oxygens (including phenoxy) is 5. The van der Waals surface area contributed by atoms with E-state index in [9.17, 15) is 14.4 Å². The van der Waals surface area contributed by atoms with E-state index in [2.05, 4.69) is 10.6 Å². The van der Waals surface area contributed by atoms with Crippen molar-refractivity contribution in [3.8, 4) is 23.0 Å². The van der Waals surface area contributed by atoms with Crippen molar-refractivity contribution in [2.45, 2.75) is 19.5 Å². The Balaban J connectivity index is 1.55. The van der Waals surface area contributed by atoms with E-state index in [1.807, 2.05) is 6.07 Å². The third kappa shape index (κ3) is 6.09. The monoisotopic (exact) mass is 573 g/mol. The van der Waals surface area contributed by atoms with Crippen molar-refractivity contribution in [1.29, 1.82) is 0 Å². The minimum Gasteiger partial charge on any atom is -0.497 e. The highest BCUT2D eigenvalue weighted by atomic mass is 16.7. The predicted octanol–water partition coefficient (Wildman–Crippen LogP) is 3.95. The van der Waals surface area contributed by atoms with Crippen molar-refractivity contribution in [1.82, 2.24) is 15.5 Å². The minimum absolute atomic E-state index is 0.0898. The van der Waals surface area contributed by atoms with Gasteiger partial charge in [0.15, 0.2) is 11.5 Å². The molecule has 11 heteroatoms. The molecule has 42 heavy (non-hydrogen) atoms. The summed E-state index contributed by atoms with van der Waals surface area (Å²) in [5, 5.41) is 5.57. The minimum atomic E-state index is -0.817. The molecule has 11 nitrogen and oxygen atoms in total. The molecule has 0 radical (unpaired) electrons. The molecule has 218 valence electrons. The van der Waals surface area contributed by atoms with Gasteiger partial charge in [0.1, 0.15) is 11.5 Å². The van der Waals surface area contributed by atoms with E-state index in [1.165, 1.54) is 0 Å². The van der Waals surface area contributed by atoms with Crippen LogP contribution < -0.4 is 29.6 Å². The summed E-state index contributed by atoms with van der Waals surface area (Å²) in [6.07, 6.45) is 0. The number of hydrogen-bond donors (Lipinski definition) is 2. The standard InChI is InChI=1S/C31H31N3O8/c1-4-40-30(36)27-24(32-31(37)33-28(27)20-6-10-22(38-2)11-7-20)17-34(29(35)21-8-12-23(39-3)13-9-21)16-19-5-14-25-26(15-19)42-18-41-25/h5-15,28H,4,16-18H2,1-3H3,(H2,32,33,37)/t28-/m1/s1. The Morgan fingerprint density at radius 3 is 2.24 bits per heavy atom. The van der Waals surface area contributed by atoms with Gasteiger partial charge in [-0.2, -0.15) is 0 Å². The van der Waals surface area contributed by atoms with Gasteiger partial charge in [-0.05, 0) is 66.6 Å². The average Bonchev–Trinajstić information content (AvgIpc) is 3.48. The van der Waals surface area contributed by atoms with Crippen LogP contribution in [0.4, 0.5) is 4.79 Å². The van der Waals surface area contributed by atoms with Gasteiger partial charge in [-0.25, -0.2) is 9.59 Å². The number of urea groups is 1. The van der Waals surface area contributed by atoms with E-state index < -0.39 is 18.0 Å². The Morgan fingerprint density at radius 2 is 1.57 bits per heavy atom. The van der Waals surface area contributed by atoms with E-state index in [4.69, 9.17) is 23.7 Å². The van der Waals surface area contributed by atoms with Gasteiger partial charge in [-0.3, -0.25) is 4.79 Å². The van der Waals surface area contributed by atoms with Crippen molar-refractivity contribution in [2.24, 2.45) is 0 Å². The summed E-state index contributed by atoms with van der Waals surface area (Å²) in [6, 6.07) is 17.8. The molecule has 0 fully saturated rings. The van der Waals surface area contributed by atoms with Gasteiger partial charge in [0.25, 0.3) is 5.91 Å². The number of amides is 3. The highest BCUT2D eigenvalue weighted by Gasteiger charge is 2.35. The third-order valence-corrected chi connectivity index (χ3v) is 6.88. The molecule has 0 aromatic heterocycles. The largest absolute Gasteiger partial charge is 0.497 e. The molecule has 3 aromatic rings. The Morgan fingerprint density at radius 1 is 0.905 bits per heavy atom. The molecule has 0 unspecified atom stereocenters. The van der Waals surface area contributed by atoms with Gasteiger partial charge in [0.2, 0.25) is 6.79 Å². The van der Waals surface area contributed by atoms with Gasteiger partial charge < -0.3 is 39.2 Å².